The Hall–Kier alpha value is -1.64. The number of hydrogen-bond donors (Lipinski definition) is 0. The van der Waals surface area contributed by atoms with Gasteiger partial charge >= 0.3 is 0 Å². The summed E-state index contributed by atoms with van der Waals surface area (Å²) < 4.78 is 11.4. The molecule has 0 spiro atoms. The van der Waals surface area contributed by atoms with Crippen molar-refractivity contribution in [3.63, 3.8) is 0 Å². The van der Waals surface area contributed by atoms with Crippen LogP contribution in [0, 0.1) is 5.92 Å². The van der Waals surface area contributed by atoms with E-state index in [1.165, 1.54) is 11.1 Å². The zero-order valence-electron chi connectivity index (χ0n) is 12.2. The van der Waals surface area contributed by atoms with E-state index in [1.807, 2.05) is 24.3 Å². The van der Waals surface area contributed by atoms with Crippen molar-refractivity contribution in [2.24, 2.45) is 5.92 Å². The summed E-state index contributed by atoms with van der Waals surface area (Å²) in [6.07, 6.45) is 0.768. The molecule has 2 nitrogen and oxygen atoms in total. The largest absolute Gasteiger partial charge is 0.356 e. The molecule has 0 aliphatic rings. The van der Waals surface area contributed by atoms with Crippen LogP contribution in [0.4, 0.5) is 0 Å². The van der Waals surface area contributed by atoms with Gasteiger partial charge in [-0.2, -0.15) is 0 Å². The molecular weight excluding hydrogens is 248 g/mol. The number of hydrogen-bond acceptors (Lipinski definition) is 2. The summed E-state index contributed by atoms with van der Waals surface area (Å²) in [5.74, 6) is 0.311. The molecule has 0 aromatic heterocycles. The van der Waals surface area contributed by atoms with Gasteiger partial charge in [-0.25, -0.2) is 0 Å². The molecule has 106 valence electrons. The van der Waals surface area contributed by atoms with E-state index in [-0.39, 0.29) is 6.29 Å². The first-order valence-corrected chi connectivity index (χ1v) is 7.02. The van der Waals surface area contributed by atoms with Gasteiger partial charge in [0.15, 0.2) is 6.29 Å². The Labute approximate surface area is 121 Å². The van der Waals surface area contributed by atoms with Crippen LogP contribution in [0.3, 0.4) is 0 Å². The zero-order valence-corrected chi connectivity index (χ0v) is 12.2. The minimum absolute atomic E-state index is 0.185. The fourth-order valence-electron chi connectivity index (χ4n) is 2.30. The maximum Gasteiger partial charge on any atom is 0.160 e. The smallest absolute Gasteiger partial charge is 0.160 e. The van der Waals surface area contributed by atoms with E-state index in [1.54, 1.807) is 7.11 Å². The highest BCUT2D eigenvalue weighted by Gasteiger charge is 2.17. The Morgan fingerprint density at radius 1 is 0.850 bits per heavy atom. The predicted molar refractivity (Wildman–Crippen MR) is 81.3 cm³/mol. The fraction of sp³-hybridized carbons (Fsp3) is 0.333. The summed E-state index contributed by atoms with van der Waals surface area (Å²) in [6, 6.07) is 20.6. The molecule has 0 bridgehead atoms. The summed E-state index contributed by atoms with van der Waals surface area (Å²) in [5.41, 5.74) is 2.48. The molecule has 2 heteroatoms. The third-order valence-corrected chi connectivity index (χ3v) is 3.35. The van der Waals surface area contributed by atoms with Crippen LogP contribution in [0.1, 0.15) is 18.1 Å². The SMILES string of the molecule is COC(OCc1ccccc1)C(C)Cc1ccccc1. The van der Waals surface area contributed by atoms with Gasteiger partial charge in [0.05, 0.1) is 6.61 Å². The van der Waals surface area contributed by atoms with Crippen LogP contribution in [0.25, 0.3) is 0 Å². The molecule has 0 saturated heterocycles. The predicted octanol–water partition coefficient (Wildman–Crippen LogP) is 4.05. The number of methoxy groups -OCH3 is 1. The van der Waals surface area contributed by atoms with Crippen LogP contribution in [-0.4, -0.2) is 13.4 Å². The zero-order chi connectivity index (χ0) is 14.2. The molecule has 20 heavy (non-hydrogen) atoms. The summed E-state index contributed by atoms with van der Waals surface area (Å²) in [5, 5.41) is 0. The first-order chi connectivity index (χ1) is 9.79. The van der Waals surface area contributed by atoms with Crippen LogP contribution in [0.2, 0.25) is 0 Å². The molecule has 2 atom stereocenters. The minimum atomic E-state index is -0.185. The normalized spacial score (nSPS) is 13.9. The van der Waals surface area contributed by atoms with Crippen molar-refractivity contribution in [2.45, 2.75) is 26.2 Å². The minimum Gasteiger partial charge on any atom is -0.356 e. The van der Waals surface area contributed by atoms with E-state index in [4.69, 9.17) is 9.47 Å². The molecular formula is C18H22O2. The second-order valence-corrected chi connectivity index (χ2v) is 5.07. The Bertz CT molecular complexity index is 481. The Kier molecular flexibility index (Phi) is 5.78. The van der Waals surface area contributed by atoms with Gasteiger partial charge in [0.2, 0.25) is 0 Å². The van der Waals surface area contributed by atoms with Crippen LogP contribution in [0.15, 0.2) is 60.7 Å². The van der Waals surface area contributed by atoms with Crippen molar-refractivity contribution in [3.8, 4) is 0 Å². The van der Waals surface area contributed by atoms with E-state index in [0.29, 0.717) is 12.5 Å². The van der Waals surface area contributed by atoms with E-state index in [0.717, 1.165) is 6.42 Å². The second-order valence-electron chi connectivity index (χ2n) is 5.07. The molecule has 0 heterocycles. The van der Waals surface area contributed by atoms with Crippen LogP contribution < -0.4 is 0 Å². The van der Waals surface area contributed by atoms with E-state index >= 15 is 0 Å². The maximum atomic E-state index is 5.89. The lowest BCUT2D eigenvalue weighted by molar-refractivity contribution is -0.159. The van der Waals surface area contributed by atoms with E-state index < -0.39 is 0 Å². The molecule has 2 aromatic carbocycles. The van der Waals surface area contributed by atoms with Crippen LogP contribution in [0.5, 0.6) is 0 Å². The monoisotopic (exact) mass is 270 g/mol. The first kappa shape index (κ1) is 14.8. The van der Waals surface area contributed by atoms with Crippen molar-refractivity contribution in [2.75, 3.05) is 7.11 Å². The highest BCUT2D eigenvalue weighted by atomic mass is 16.7. The van der Waals surface area contributed by atoms with Gasteiger partial charge in [0.1, 0.15) is 0 Å². The Morgan fingerprint density at radius 2 is 1.40 bits per heavy atom. The summed E-state index contributed by atoms with van der Waals surface area (Å²) >= 11 is 0. The van der Waals surface area contributed by atoms with Crippen LogP contribution >= 0.6 is 0 Å². The fourth-order valence-corrected chi connectivity index (χ4v) is 2.30. The molecule has 0 aliphatic heterocycles. The van der Waals surface area contributed by atoms with Gasteiger partial charge in [-0.1, -0.05) is 67.6 Å². The number of benzene rings is 2. The molecule has 2 rings (SSSR count). The van der Waals surface area contributed by atoms with Crippen molar-refractivity contribution in [1.82, 2.24) is 0 Å². The highest BCUT2D eigenvalue weighted by molar-refractivity contribution is 5.15. The van der Waals surface area contributed by atoms with E-state index in [9.17, 15) is 0 Å². The van der Waals surface area contributed by atoms with Crippen molar-refractivity contribution < 1.29 is 9.47 Å². The van der Waals surface area contributed by atoms with Gasteiger partial charge in [-0.05, 0) is 17.5 Å². The molecule has 0 saturated carbocycles. The Balaban J connectivity index is 1.87. The molecule has 0 radical (unpaired) electrons. The average Bonchev–Trinajstić information content (AvgIpc) is 2.50. The lowest BCUT2D eigenvalue weighted by atomic mass is 10.0. The molecule has 0 amide bonds. The standard InChI is InChI=1S/C18H22O2/c1-15(13-16-9-5-3-6-10-16)18(19-2)20-14-17-11-7-4-8-12-17/h3-12,15,18H,13-14H2,1-2H3. The van der Waals surface area contributed by atoms with Gasteiger partial charge in [-0.15, -0.1) is 0 Å². The van der Waals surface area contributed by atoms with Gasteiger partial charge < -0.3 is 9.47 Å². The Morgan fingerprint density at radius 3 is 1.95 bits per heavy atom. The summed E-state index contributed by atoms with van der Waals surface area (Å²) in [4.78, 5) is 0. The highest BCUT2D eigenvalue weighted by Crippen LogP contribution is 2.16. The van der Waals surface area contributed by atoms with E-state index in [2.05, 4.69) is 43.3 Å². The molecule has 2 aromatic rings. The summed E-state index contributed by atoms with van der Waals surface area (Å²) in [7, 11) is 1.71. The van der Waals surface area contributed by atoms with Crippen molar-refractivity contribution >= 4 is 0 Å². The van der Waals surface area contributed by atoms with Gasteiger partial charge in [-0.3, -0.25) is 0 Å². The molecule has 2 unspecified atom stereocenters. The second kappa shape index (κ2) is 7.83. The third-order valence-electron chi connectivity index (χ3n) is 3.35. The number of rotatable bonds is 7. The lowest BCUT2D eigenvalue weighted by Gasteiger charge is -2.23. The lowest BCUT2D eigenvalue weighted by Crippen LogP contribution is -2.25. The molecule has 0 aliphatic carbocycles. The topological polar surface area (TPSA) is 18.5 Å². The van der Waals surface area contributed by atoms with Crippen LogP contribution in [-0.2, 0) is 22.5 Å². The first-order valence-electron chi connectivity index (χ1n) is 7.02. The third kappa shape index (κ3) is 4.48. The summed E-state index contributed by atoms with van der Waals surface area (Å²) in [6.45, 7) is 2.74. The average molecular weight is 270 g/mol. The van der Waals surface area contributed by atoms with Crippen molar-refractivity contribution in [3.05, 3.63) is 71.8 Å². The van der Waals surface area contributed by atoms with Gasteiger partial charge in [0.25, 0.3) is 0 Å². The maximum absolute atomic E-state index is 5.89. The van der Waals surface area contributed by atoms with Gasteiger partial charge in [0, 0.05) is 13.0 Å². The number of ether oxygens (including phenoxy) is 2. The molecule has 0 fully saturated rings. The van der Waals surface area contributed by atoms with Crippen molar-refractivity contribution in [1.29, 1.82) is 0 Å². The quantitative estimate of drug-likeness (QED) is 0.706. The molecule has 0 N–H and O–H groups in total.